The fourth-order valence-corrected chi connectivity index (χ4v) is 3.87. The van der Waals surface area contributed by atoms with Gasteiger partial charge in [-0.15, -0.1) is 0 Å². The molecule has 0 aliphatic heterocycles. The highest BCUT2D eigenvalue weighted by atomic mass is 35.5. The van der Waals surface area contributed by atoms with Crippen LogP contribution in [0.2, 0.25) is 5.28 Å². The third kappa shape index (κ3) is 4.07. The van der Waals surface area contributed by atoms with Crippen molar-refractivity contribution >= 4 is 44.0 Å². The first kappa shape index (κ1) is 17.6. The molecule has 0 saturated heterocycles. The van der Waals surface area contributed by atoms with Crippen molar-refractivity contribution in [3.63, 3.8) is 0 Å². The molecule has 25 heavy (non-hydrogen) atoms. The van der Waals surface area contributed by atoms with Gasteiger partial charge in [0.05, 0.1) is 10.4 Å². The maximum Gasteiger partial charge on any atom is 0.240 e. The van der Waals surface area contributed by atoms with Crippen molar-refractivity contribution in [3.05, 3.63) is 53.8 Å². The normalized spacial score (nSPS) is 11.8. The van der Waals surface area contributed by atoms with Crippen LogP contribution in [0.25, 0.3) is 10.9 Å². The largest absolute Gasteiger partial charge is 0.340 e. The lowest BCUT2D eigenvalue weighted by molar-refractivity contribution is 0.570. The molecule has 1 aromatic heterocycles. The molecule has 1 heterocycles. The Morgan fingerprint density at radius 2 is 1.80 bits per heavy atom. The van der Waals surface area contributed by atoms with E-state index in [0.29, 0.717) is 17.0 Å². The number of nitrogens with zero attached hydrogens (tertiary/aromatic N) is 2. The van der Waals surface area contributed by atoms with Gasteiger partial charge in [-0.1, -0.05) is 18.2 Å². The first-order chi connectivity index (χ1) is 11.8. The van der Waals surface area contributed by atoms with Crippen molar-refractivity contribution in [1.82, 2.24) is 14.7 Å². The molecular weight excluding hydrogens is 360 g/mol. The molecule has 0 saturated carbocycles. The molecule has 3 aromatic rings. The summed E-state index contributed by atoms with van der Waals surface area (Å²) in [4.78, 5) is 8.57. The number of rotatable bonds is 5. The summed E-state index contributed by atoms with van der Waals surface area (Å²) in [6, 6.07) is 13.8. The lowest BCUT2D eigenvalue weighted by atomic mass is 10.2. The van der Waals surface area contributed by atoms with E-state index in [9.17, 15) is 8.42 Å². The Morgan fingerprint density at radius 3 is 2.56 bits per heavy atom. The van der Waals surface area contributed by atoms with Gasteiger partial charge >= 0.3 is 0 Å². The summed E-state index contributed by atoms with van der Waals surface area (Å²) in [6.45, 7) is 3.54. The first-order valence-electron chi connectivity index (χ1n) is 7.67. The van der Waals surface area contributed by atoms with Crippen LogP contribution in [-0.4, -0.2) is 24.4 Å². The predicted molar refractivity (Wildman–Crippen MR) is 99.7 cm³/mol. The van der Waals surface area contributed by atoms with E-state index in [1.54, 1.807) is 38.1 Å². The van der Waals surface area contributed by atoms with Crippen molar-refractivity contribution in [3.8, 4) is 0 Å². The Bertz CT molecular complexity index is 1020. The van der Waals surface area contributed by atoms with Crippen LogP contribution >= 0.6 is 11.6 Å². The van der Waals surface area contributed by atoms with E-state index < -0.39 is 10.0 Å². The van der Waals surface area contributed by atoms with Gasteiger partial charge in [0.1, 0.15) is 5.82 Å². The number of benzene rings is 2. The fraction of sp³-hybridized carbons (Fsp3) is 0.176. The van der Waals surface area contributed by atoms with Crippen LogP contribution in [0.15, 0.2) is 53.4 Å². The number of halogens is 1. The van der Waals surface area contributed by atoms with E-state index in [1.165, 1.54) is 0 Å². The van der Waals surface area contributed by atoms with Crippen LogP contribution in [0.5, 0.6) is 0 Å². The molecule has 0 amide bonds. The predicted octanol–water partition coefficient (Wildman–Crippen LogP) is 3.71. The topological polar surface area (TPSA) is 84.0 Å². The molecule has 0 aliphatic rings. The van der Waals surface area contributed by atoms with E-state index in [-0.39, 0.29) is 16.2 Å². The van der Waals surface area contributed by atoms with Crippen molar-refractivity contribution < 1.29 is 8.42 Å². The first-order valence-corrected chi connectivity index (χ1v) is 9.53. The van der Waals surface area contributed by atoms with Crippen LogP contribution in [0.3, 0.4) is 0 Å². The van der Waals surface area contributed by atoms with E-state index >= 15 is 0 Å². The van der Waals surface area contributed by atoms with Crippen molar-refractivity contribution in [1.29, 1.82) is 0 Å². The number of aromatic nitrogens is 2. The SMILES string of the molecule is CC(C)NS(=O)(=O)c1cccc(Nc2nc(Cl)nc3ccccc23)c1. The zero-order valence-corrected chi connectivity index (χ0v) is 15.3. The van der Waals surface area contributed by atoms with E-state index in [4.69, 9.17) is 11.6 Å². The Hall–Kier alpha value is -2.22. The van der Waals surface area contributed by atoms with Gasteiger partial charge in [-0.3, -0.25) is 0 Å². The zero-order valence-electron chi connectivity index (χ0n) is 13.7. The molecule has 0 bridgehead atoms. The van der Waals surface area contributed by atoms with Gasteiger partial charge in [0.25, 0.3) is 0 Å². The third-order valence-electron chi connectivity index (χ3n) is 3.37. The molecule has 0 unspecified atom stereocenters. The quantitative estimate of drug-likeness (QED) is 0.663. The summed E-state index contributed by atoms with van der Waals surface area (Å²) in [5.74, 6) is 0.516. The highest BCUT2D eigenvalue weighted by Gasteiger charge is 2.16. The maximum atomic E-state index is 12.3. The Morgan fingerprint density at radius 1 is 1.04 bits per heavy atom. The highest BCUT2D eigenvalue weighted by Crippen LogP contribution is 2.26. The van der Waals surface area contributed by atoms with Gasteiger partial charge in [0, 0.05) is 17.1 Å². The molecule has 130 valence electrons. The van der Waals surface area contributed by atoms with Crippen molar-refractivity contribution in [2.45, 2.75) is 24.8 Å². The number of nitrogens with one attached hydrogen (secondary N) is 2. The Labute approximate surface area is 151 Å². The molecule has 0 atom stereocenters. The number of hydrogen-bond donors (Lipinski definition) is 2. The number of para-hydroxylation sites is 1. The summed E-state index contributed by atoms with van der Waals surface area (Å²) >= 11 is 5.98. The molecule has 3 rings (SSSR count). The molecular formula is C17H17ClN4O2S. The summed E-state index contributed by atoms with van der Waals surface area (Å²) in [7, 11) is -3.57. The second kappa shape index (κ2) is 6.95. The van der Waals surface area contributed by atoms with Crippen LogP contribution in [0.1, 0.15) is 13.8 Å². The van der Waals surface area contributed by atoms with E-state index in [2.05, 4.69) is 20.0 Å². The highest BCUT2D eigenvalue weighted by molar-refractivity contribution is 7.89. The van der Waals surface area contributed by atoms with Crippen molar-refractivity contribution in [2.75, 3.05) is 5.32 Å². The number of hydrogen-bond acceptors (Lipinski definition) is 5. The fourth-order valence-electron chi connectivity index (χ4n) is 2.40. The lowest BCUT2D eigenvalue weighted by Crippen LogP contribution is -2.30. The number of anilines is 2. The van der Waals surface area contributed by atoms with Gasteiger partial charge < -0.3 is 5.32 Å². The molecule has 6 nitrogen and oxygen atoms in total. The summed E-state index contributed by atoms with van der Waals surface area (Å²) in [5.41, 5.74) is 1.29. The molecule has 0 spiro atoms. The Balaban J connectivity index is 1.99. The van der Waals surface area contributed by atoms with Gasteiger partial charge in [-0.05, 0) is 55.8 Å². The molecule has 0 fully saturated rings. The number of sulfonamides is 1. The van der Waals surface area contributed by atoms with E-state index in [1.807, 2.05) is 24.3 Å². The Kier molecular flexibility index (Phi) is 4.89. The van der Waals surface area contributed by atoms with E-state index in [0.717, 1.165) is 5.39 Å². The third-order valence-corrected chi connectivity index (χ3v) is 5.20. The second-order valence-electron chi connectivity index (χ2n) is 5.79. The molecule has 8 heteroatoms. The smallest absolute Gasteiger partial charge is 0.240 e. The standard InChI is InChI=1S/C17H17ClN4O2S/c1-11(2)22-25(23,24)13-7-5-6-12(10-13)19-16-14-8-3-4-9-15(14)20-17(18)21-16/h3-11,22H,1-2H3,(H,19,20,21). The molecule has 2 aromatic carbocycles. The minimum Gasteiger partial charge on any atom is -0.340 e. The van der Waals surface area contributed by atoms with Gasteiger partial charge in [0.2, 0.25) is 15.3 Å². The van der Waals surface area contributed by atoms with Gasteiger partial charge in [0.15, 0.2) is 0 Å². The van der Waals surface area contributed by atoms with Crippen LogP contribution < -0.4 is 10.0 Å². The van der Waals surface area contributed by atoms with Crippen LogP contribution in [0.4, 0.5) is 11.5 Å². The van der Waals surface area contributed by atoms with Crippen LogP contribution in [0, 0.1) is 0 Å². The molecule has 0 aliphatic carbocycles. The second-order valence-corrected chi connectivity index (χ2v) is 7.84. The summed E-state index contributed by atoms with van der Waals surface area (Å²) in [5, 5.41) is 4.03. The maximum absolute atomic E-state index is 12.3. The molecule has 2 N–H and O–H groups in total. The van der Waals surface area contributed by atoms with Crippen LogP contribution in [-0.2, 0) is 10.0 Å². The average Bonchev–Trinajstić information content (AvgIpc) is 2.54. The summed E-state index contributed by atoms with van der Waals surface area (Å²) in [6.07, 6.45) is 0. The van der Waals surface area contributed by atoms with Gasteiger partial charge in [-0.2, -0.15) is 4.98 Å². The summed E-state index contributed by atoms with van der Waals surface area (Å²) < 4.78 is 27.2. The zero-order chi connectivity index (χ0) is 18.0. The number of fused-ring (bicyclic) bond motifs is 1. The average molecular weight is 377 g/mol. The molecule has 0 radical (unpaired) electrons. The van der Waals surface area contributed by atoms with Crippen molar-refractivity contribution in [2.24, 2.45) is 0 Å². The lowest BCUT2D eigenvalue weighted by Gasteiger charge is -2.12. The minimum absolute atomic E-state index is 0.117. The minimum atomic E-state index is -3.57. The monoisotopic (exact) mass is 376 g/mol. The van der Waals surface area contributed by atoms with Gasteiger partial charge in [-0.25, -0.2) is 18.1 Å².